The molecule has 0 saturated carbocycles. The summed E-state index contributed by atoms with van der Waals surface area (Å²) >= 11 is 0. The highest BCUT2D eigenvalue weighted by molar-refractivity contribution is 5.78. The highest BCUT2D eigenvalue weighted by Crippen LogP contribution is 2.23. The zero-order valence-corrected chi connectivity index (χ0v) is 15.8. The molecule has 0 aromatic carbocycles. The zero-order valence-electron chi connectivity index (χ0n) is 15.8. The van der Waals surface area contributed by atoms with E-state index in [1.54, 1.807) is 11.8 Å². The molecule has 2 heterocycles. The molecule has 2 aliphatic heterocycles. The van der Waals surface area contributed by atoms with Gasteiger partial charge in [0, 0.05) is 65.3 Å². The van der Waals surface area contributed by atoms with E-state index >= 15 is 0 Å². The molecule has 2 atom stereocenters. The number of carbonyl (C=O) groups is 2. The molecule has 2 fully saturated rings. The monoisotopic (exact) mass is 349 g/mol. The van der Waals surface area contributed by atoms with Crippen LogP contribution in [0, 0.1) is 17.2 Å². The topological polar surface area (TPSA) is 70.9 Å². The Balaban J connectivity index is 1.83. The molecule has 0 aromatic heterocycles. The summed E-state index contributed by atoms with van der Waals surface area (Å²) in [5, 5.41) is 8.71. The van der Waals surface area contributed by atoms with Crippen molar-refractivity contribution >= 4 is 11.8 Å². The van der Waals surface area contributed by atoms with Crippen LogP contribution < -0.4 is 0 Å². The van der Waals surface area contributed by atoms with Gasteiger partial charge in [-0.25, -0.2) is 0 Å². The largest absolute Gasteiger partial charge is 0.341 e. The maximum atomic E-state index is 12.5. The third kappa shape index (κ3) is 5.16. The van der Waals surface area contributed by atoms with Gasteiger partial charge in [-0.2, -0.15) is 5.26 Å². The Labute approximate surface area is 151 Å². The van der Waals surface area contributed by atoms with Crippen molar-refractivity contribution in [2.45, 2.75) is 33.2 Å². The Kier molecular flexibility index (Phi) is 7.21. The van der Waals surface area contributed by atoms with Crippen molar-refractivity contribution in [3.8, 4) is 6.07 Å². The molecular weight excluding hydrogens is 318 g/mol. The van der Waals surface area contributed by atoms with E-state index in [0.29, 0.717) is 38.0 Å². The maximum absolute atomic E-state index is 12.5. The van der Waals surface area contributed by atoms with Gasteiger partial charge in [0.15, 0.2) is 0 Å². The first kappa shape index (κ1) is 19.7. The van der Waals surface area contributed by atoms with Crippen molar-refractivity contribution in [2.75, 3.05) is 58.9 Å². The van der Waals surface area contributed by atoms with E-state index in [9.17, 15) is 9.59 Å². The number of hydrogen-bond donors (Lipinski definition) is 0. The van der Waals surface area contributed by atoms with E-state index in [4.69, 9.17) is 5.26 Å². The minimum Gasteiger partial charge on any atom is -0.341 e. The fourth-order valence-electron chi connectivity index (χ4n) is 3.96. The van der Waals surface area contributed by atoms with Gasteiger partial charge in [0.05, 0.1) is 19.0 Å². The predicted octanol–water partition coefficient (Wildman–Crippen LogP) is 0.233. The van der Waals surface area contributed by atoms with Crippen LogP contribution in [-0.4, -0.2) is 96.4 Å². The number of likely N-dealkylation sites (N-methyl/N-ethyl adjacent to an activating group) is 1. The van der Waals surface area contributed by atoms with Gasteiger partial charge in [0.25, 0.3) is 0 Å². The van der Waals surface area contributed by atoms with Crippen LogP contribution >= 0.6 is 0 Å². The van der Waals surface area contributed by atoms with Gasteiger partial charge < -0.3 is 9.80 Å². The number of likely N-dealkylation sites (tertiary alicyclic amines) is 1. The number of hydrogen-bond acceptors (Lipinski definition) is 5. The van der Waals surface area contributed by atoms with Crippen molar-refractivity contribution in [1.29, 1.82) is 5.26 Å². The van der Waals surface area contributed by atoms with E-state index in [0.717, 1.165) is 39.3 Å². The highest BCUT2D eigenvalue weighted by Gasteiger charge is 2.36. The molecule has 0 bridgehead atoms. The van der Waals surface area contributed by atoms with Crippen molar-refractivity contribution in [3.05, 3.63) is 0 Å². The second-order valence-electron chi connectivity index (χ2n) is 7.16. The lowest BCUT2D eigenvalue weighted by atomic mass is 10.0. The Bertz CT molecular complexity index is 510. The molecule has 2 aliphatic rings. The average molecular weight is 349 g/mol. The van der Waals surface area contributed by atoms with Gasteiger partial charge >= 0.3 is 0 Å². The number of carbonyl (C=O) groups excluding carboxylic acids is 2. The van der Waals surface area contributed by atoms with Gasteiger partial charge in [0.2, 0.25) is 11.8 Å². The summed E-state index contributed by atoms with van der Waals surface area (Å²) in [6.45, 7) is 12.7. The van der Waals surface area contributed by atoms with E-state index in [1.807, 2.05) is 11.8 Å². The lowest BCUT2D eigenvalue weighted by molar-refractivity contribution is -0.132. The predicted molar refractivity (Wildman–Crippen MR) is 95.7 cm³/mol. The normalized spacial score (nSPS) is 25.0. The second-order valence-corrected chi connectivity index (χ2v) is 7.16. The third-order valence-corrected chi connectivity index (χ3v) is 5.46. The van der Waals surface area contributed by atoms with E-state index in [1.165, 1.54) is 0 Å². The van der Waals surface area contributed by atoms with Gasteiger partial charge in [-0.15, -0.1) is 0 Å². The fourth-order valence-corrected chi connectivity index (χ4v) is 3.96. The minimum absolute atomic E-state index is 0.118. The lowest BCUT2D eigenvalue weighted by Gasteiger charge is -2.39. The first-order chi connectivity index (χ1) is 12.0. The first-order valence-corrected chi connectivity index (χ1v) is 9.32. The molecule has 2 amide bonds. The maximum Gasteiger partial charge on any atom is 0.236 e. The van der Waals surface area contributed by atoms with Crippen LogP contribution in [0.15, 0.2) is 0 Å². The lowest BCUT2D eigenvalue weighted by Crippen LogP contribution is -2.53. The SMILES string of the molecule is CCN(CCC#N)C(=O)CN1C[C@@H](N2CCN(C(C)=O)CC2)[C@@H](C)C1. The molecule has 7 heteroatoms. The standard InChI is InChI=1S/C18H31N5O2/c1-4-21(7-5-6-19)18(25)14-20-12-15(2)17(13-20)23-10-8-22(9-11-23)16(3)24/h15,17H,4-5,7-14H2,1-3H3/t15-,17+/m0/s1. The summed E-state index contributed by atoms with van der Waals surface area (Å²) in [6.07, 6.45) is 0.388. The molecule has 0 N–H and O–H groups in total. The molecule has 25 heavy (non-hydrogen) atoms. The van der Waals surface area contributed by atoms with Crippen LogP contribution in [0.3, 0.4) is 0 Å². The van der Waals surface area contributed by atoms with Gasteiger partial charge in [-0.05, 0) is 12.8 Å². The van der Waals surface area contributed by atoms with Crippen molar-refractivity contribution in [3.63, 3.8) is 0 Å². The van der Waals surface area contributed by atoms with Crippen LogP contribution in [0.1, 0.15) is 27.2 Å². The number of amides is 2. The second kappa shape index (κ2) is 9.16. The van der Waals surface area contributed by atoms with Crippen LogP contribution in [-0.2, 0) is 9.59 Å². The summed E-state index contributed by atoms with van der Waals surface area (Å²) < 4.78 is 0. The summed E-state index contributed by atoms with van der Waals surface area (Å²) in [4.78, 5) is 32.3. The van der Waals surface area contributed by atoms with Gasteiger partial charge in [-0.3, -0.25) is 19.4 Å². The highest BCUT2D eigenvalue weighted by atomic mass is 16.2. The summed E-state index contributed by atoms with van der Waals surface area (Å²) in [5.41, 5.74) is 0. The summed E-state index contributed by atoms with van der Waals surface area (Å²) in [5.74, 6) is 0.793. The smallest absolute Gasteiger partial charge is 0.236 e. The van der Waals surface area contributed by atoms with E-state index < -0.39 is 0 Å². The Morgan fingerprint density at radius 3 is 2.44 bits per heavy atom. The van der Waals surface area contributed by atoms with E-state index in [2.05, 4.69) is 22.8 Å². The van der Waals surface area contributed by atoms with Crippen LogP contribution in [0.2, 0.25) is 0 Å². The minimum atomic E-state index is 0.118. The third-order valence-electron chi connectivity index (χ3n) is 5.46. The Hall–Kier alpha value is -1.65. The van der Waals surface area contributed by atoms with Crippen molar-refractivity contribution in [2.24, 2.45) is 5.92 Å². The molecule has 0 radical (unpaired) electrons. The molecule has 140 valence electrons. The molecule has 0 aromatic rings. The quantitative estimate of drug-likeness (QED) is 0.687. The summed E-state index contributed by atoms with van der Waals surface area (Å²) in [6, 6.07) is 2.56. The molecule has 2 rings (SSSR count). The molecule has 2 saturated heterocycles. The van der Waals surface area contributed by atoms with E-state index in [-0.39, 0.29) is 11.8 Å². The fraction of sp³-hybridized carbons (Fsp3) is 0.833. The van der Waals surface area contributed by atoms with Crippen LogP contribution in [0.25, 0.3) is 0 Å². The Morgan fingerprint density at radius 1 is 1.20 bits per heavy atom. The molecular formula is C18H31N5O2. The molecule has 0 spiro atoms. The average Bonchev–Trinajstić information content (AvgIpc) is 2.95. The number of nitrogens with zero attached hydrogens (tertiary/aromatic N) is 5. The zero-order chi connectivity index (χ0) is 18.4. The Morgan fingerprint density at radius 2 is 1.88 bits per heavy atom. The molecule has 0 aliphatic carbocycles. The number of nitriles is 1. The van der Waals surface area contributed by atoms with Crippen LogP contribution in [0.5, 0.6) is 0 Å². The number of rotatable bonds is 6. The number of piperazine rings is 1. The van der Waals surface area contributed by atoms with Gasteiger partial charge in [-0.1, -0.05) is 6.92 Å². The van der Waals surface area contributed by atoms with Crippen molar-refractivity contribution in [1.82, 2.24) is 19.6 Å². The van der Waals surface area contributed by atoms with Crippen molar-refractivity contribution < 1.29 is 9.59 Å². The molecule has 0 unspecified atom stereocenters. The van der Waals surface area contributed by atoms with Crippen LogP contribution in [0.4, 0.5) is 0 Å². The van der Waals surface area contributed by atoms with Gasteiger partial charge in [0.1, 0.15) is 0 Å². The molecule has 7 nitrogen and oxygen atoms in total. The first-order valence-electron chi connectivity index (χ1n) is 9.32. The summed E-state index contributed by atoms with van der Waals surface area (Å²) in [7, 11) is 0.